The maximum Gasteiger partial charge on any atom is 0.145 e. The van der Waals surface area contributed by atoms with Gasteiger partial charge in [-0.2, -0.15) is 0 Å². The Bertz CT molecular complexity index is 426. The summed E-state index contributed by atoms with van der Waals surface area (Å²) in [7, 11) is 0. The molecule has 0 aromatic carbocycles. The lowest BCUT2D eigenvalue weighted by atomic mass is 10.2. The molecule has 0 atom stereocenters. The second-order valence-electron chi connectivity index (χ2n) is 5.96. The van der Waals surface area contributed by atoms with Crippen LogP contribution in [0.4, 0.5) is 11.6 Å². The van der Waals surface area contributed by atoms with Crippen molar-refractivity contribution in [3.63, 3.8) is 0 Å². The summed E-state index contributed by atoms with van der Waals surface area (Å²) in [5, 5.41) is 0. The van der Waals surface area contributed by atoms with Crippen LogP contribution in [0.25, 0.3) is 0 Å². The van der Waals surface area contributed by atoms with E-state index in [4.69, 9.17) is 10.8 Å². The third-order valence-electron chi connectivity index (χ3n) is 3.46. The summed E-state index contributed by atoms with van der Waals surface area (Å²) in [4.78, 5) is 11.5. The second-order valence-corrected chi connectivity index (χ2v) is 5.96. The number of hydrazine groups is 1. The average molecular weight is 263 g/mol. The van der Waals surface area contributed by atoms with Crippen LogP contribution in [0.2, 0.25) is 0 Å². The van der Waals surface area contributed by atoms with E-state index in [0.29, 0.717) is 17.8 Å². The smallest absolute Gasteiger partial charge is 0.145 e. The molecule has 1 heterocycles. The van der Waals surface area contributed by atoms with Gasteiger partial charge in [-0.05, 0) is 32.6 Å². The first-order valence-electron chi connectivity index (χ1n) is 7.13. The number of hydrogen-bond acceptors (Lipinski definition) is 5. The van der Waals surface area contributed by atoms with Crippen molar-refractivity contribution in [2.45, 2.75) is 52.5 Å². The molecule has 19 heavy (non-hydrogen) atoms. The van der Waals surface area contributed by atoms with Crippen molar-refractivity contribution in [2.75, 3.05) is 16.9 Å². The van der Waals surface area contributed by atoms with Gasteiger partial charge in [0.1, 0.15) is 17.5 Å². The lowest BCUT2D eigenvalue weighted by Crippen LogP contribution is -2.34. The normalized spacial score (nSPS) is 15.1. The number of hydrogen-bond donors (Lipinski definition) is 2. The number of aromatic nitrogens is 2. The van der Waals surface area contributed by atoms with Gasteiger partial charge in [-0.15, -0.1) is 0 Å². The molecule has 1 aromatic rings. The average Bonchev–Trinajstić information content (AvgIpc) is 3.18. The van der Waals surface area contributed by atoms with E-state index in [-0.39, 0.29) is 0 Å². The third-order valence-corrected chi connectivity index (χ3v) is 3.46. The van der Waals surface area contributed by atoms with Crippen LogP contribution in [-0.2, 0) is 0 Å². The summed E-state index contributed by atoms with van der Waals surface area (Å²) < 4.78 is 0. The standard InChI is InChI=1S/C14H25N5/c1-9(2)14-16-12(18-15)7-13(17-14)19(10(3)4)8-11-5-6-11/h7,9-11H,5-6,8,15H2,1-4H3,(H,16,17,18). The fourth-order valence-electron chi connectivity index (χ4n) is 2.08. The van der Waals surface area contributed by atoms with Gasteiger partial charge in [0.05, 0.1) is 0 Å². The van der Waals surface area contributed by atoms with Crippen molar-refractivity contribution in [3.8, 4) is 0 Å². The van der Waals surface area contributed by atoms with Crippen LogP contribution in [0, 0.1) is 5.92 Å². The van der Waals surface area contributed by atoms with E-state index < -0.39 is 0 Å². The van der Waals surface area contributed by atoms with Gasteiger partial charge in [0.2, 0.25) is 0 Å². The molecule has 5 nitrogen and oxygen atoms in total. The Morgan fingerprint density at radius 2 is 2.00 bits per heavy atom. The van der Waals surface area contributed by atoms with E-state index in [1.165, 1.54) is 12.8 Å². The van der Waals surface area contributed by atoms with Crippen LogP contribution in [0.5, 0.6) is 0 Å². The van der Waals surface area contributed by atoms with E-state index in [1.54, 1.807) is 0 Å². The number of anilines is 2. The predicted octanol–water partition coefficient (Wildman–Crippen LogP) is 2.51. The van der Waals surface area contributed by atoms with Gasteiger partial charge in [0.25, 0.3) is 0 Å². The number of rotatable bonds is 6. The number of nitrogens with two attached hydrogens (primary N) is 1. The summed E-state index contributed by atoms with van der Waals surface area (Å²) in [5.74, 6) is 9.15. The van der Waals surface area contributed by atoms with Gasteiger partial charge in [-0.1, -0.05) is 13.8 Å². The molecule has 0 amide bonds. The topological polar surface area (TPSA) is 67.1 Å². The molecule has 106 valence electrons. The SMILES string of the molecule is CC(C)c1nc(NN)cc(N(CC2CC2)C(C)C)n1. The van der Waals surface area contributed by atoms with E-state index in [2.05, 4.69) is 43.0 Å². The van der Waals surface area contributed by atoms with Crippen molar-refractivity contribution in [2.24, 2.45) is 11.8 Å². The van der Waals surface area contributed by atoms with Gasteiger partial charge in [-0.25, -0.2) is 15.8 Å². The predicted molar refractivity (Wildman–Crippen MR) is 79.1 cm³/mol. The van der Waals surface area contributed by atoms with Crippen molar-refractivity contribution in [1.82, 2.24) is 9.97 Å². The molecule has 5 heteroatoms. The van der Waals surface area contributed by atoms with Crippen LogP contribution < -0.4 is 16.2 Å². The van der Waals surface area contributed by atoms with E-state index in [0.717, 1.165) is 24.1 Å². The molecule has 1 fully saturated rings. The molecular weight excluding hydrogens is 238 g/mol. The largest absolute Gasteiger partial charge is 0.354 e. The van der Waals surface area contributed by atoms with Crippen LogP contribution in [0.3, 0.4) is 0 Å². The minimum Gasteiger partial charge on any atom is -0.354 e. The molecule has 0 unspecified atom stereocenters. The van der Waals surface area contributed by atoms with E-state index in [9.17, 15) is 0 Å². The molecule has 1 saturated carbocycles. The van der Waals surface area contributed by atoms with Gasteiger partial charge in [0, 0.05) is 24.6 Å². The third kappa shape index (κ3) is 3.56. The van der Waals surface area contributed by atoms with Crippen molar-refractivity contribution in [1.29, 1.82) is 0 Å². The molecule has 0 bridgehead atoms. The lowest BCUT2D eigenvalue weighted by molar-refractivity contribution is 0.630. The Morgan fingerprint density at radius 1 is 1.32 bits per heavy atom. The van der Waals surface area contributed by atoms with Crippen LogP contribution in [-0.4, -0.2) is 22.6 Å². The van der Waals surface area contributed by atoms with Crippen LogP contribution in [0.15, 0.2) is 6.07 Å². The highest BCUT2D eigenvalue weighted by molar-refractivity contribution is 5.50. The molecule has 0 radical (unpaired) electrons. The fraction of sp³-hybridized carbons (Fsp3) is 0.714. The molecule has 1 aromatic heterocycles. The number of nitrogens with one attached hydrogen (secondary N) is 1. The molecule has 1 aliphatic carbocycles. The van der Waals surface area contributed by atoms with Gasteiger partial charge in [0.15, 0.2) is 0 Å². The molecule has 0 spiro atoms. The quantitative estimate of drug-likeness (QED) is 0.610. The number of nitrogens with zero attached hydrogens (tertiary/aromatic N) is 3. The minimum atomic E-state index is 0.294. The molecule has 0 saturated heterocycles. The first kappa shape index (κ1) is 14.1. The van der Waals surface area contributed by atoms with Gasteiger partial charge < -0.3 is 10.3 Å². The Hall–Kier alpha value is -1.36. The highest BCUT2D eigenvalue weighted by Crippen LogP contribution is 2.32. The van der Waals surface area contributed by atoms with Crippen molar-refractivity contribution in [3.05, 3.63) is 11.9 Å². The van der Waals surface area contributed by atoms with Crippen molar-refractivity contribution < 1.29 is 0 Å². The molecule has 0 aliphatic heterocycles. The lowest BCUT2D eigenvalue weighted by Gasteiger charge is -2.28. The Kier molecular flexibility index (Phi) is 4.24. The zero-order valence-electron chi connectivity index (χ0n) is 12.3. The fourth-order valence-corrected chi connectivity index (χ4v) is 2.08. The summed E-state index contributed by atoms with van der Waals surface area (Å²) in [6.45, 7) is 9.68. The van der Waals surface area contributed by atoms with Gasteiger partial charge in [-0.3, -0.25) is 0 Å². The first-order chi connectivity index (χ1) is 9.01. The number of nitrogen functional groups attached to an aromatic ring is 1. The summed E-state index contributed by atoms with van der Waals surface area (Å²) in [6, 6.07) is 2.37. The zero-order chi connectivity index (χ0) is 14.0. The summed E-state index contributed by atoms with van der Waals surface area (Å²) in [5.41, 5.74) is 2.65. The molecular formula is C14H25N5. The molecule has 2 rings (SSSR count). The zero-order valence-corrected chi connectivity index (χ0v) is 12.3. The maximum absolute atomic E-state index is 5.52. The first-order valence-corrected chi connectivity index (χ1v) is 7.13. The monoisotopic (exact) mass is 263 g/mol. The molecule has 1 aliphatic rings. The minimum absolute atomic E-state index is 0.294. The summed E-state index contributed by atoms with van der Waals surface area (Å²) >= 11 is 0. The maximum atomic E-state index is 5.52. The van der Waals surface area contributed by atoms with Crippen molar-refractivity contribution >= 4 is 11.6 Å². The Labute approximate surface area is 115 Å². The molecule has 3 N–H and O–H groups in total. The van der Waals surface area contributed by atoms with Gasteiger partial charge >= 0.3 is 0 Å². The summed E-state index contributed by atoms with van der Waals surface area (Å²) in [6.07, 6.45) is 2.68. The van der Waals surface area contributed by atoms with Crippen LogP contribution in [0.1, 0.15) is 52.3 Å². The second kappa shape index (κ2) is 5.74. The Morgan fingerprint density at radius 3 is 2.47 bits per heavy atom. The van der Waals surface area contributed by atoms with Crippen LogP contribution >= 0.6 is 0 Å². The van der Waals surface area contributed by atoms with E-state index in [1.807, 2.05) is 6.07 Å². The highest BCUT2D eigenvalue weighted by Gasteiger charge is 2.26. The highest BCUT2D eigenvalue weighted by atomic mass is 15.3. The van der Waals surface area contributed by atoms with E-state index >= 15 is 0 Å². The Balaban J connectivity index is 2.30.